The van der Waals surface area contributed by atoms with Gasteiger partial charge < -0.3 is 4.90 Å². The normalized spacial score (nSPS) is 14.1. The van der Waals surface area contributed by atoms with Crippen LogP contribution in [0.4, 0.5) is 11.4 Å². The van der Waals surface area contributed by atoms with E-state index in [1.165, 1.54) is 99.7 Å². The highest BCUT2D eigenvalue weighted by Crippen LogP contribution is 2.52. The van der Waals surface area contributed by atoms with Gasteiger partial charge in [0.15, 0.2) is 0 Å². The molecule has 51 heavy (non-hydrogen) atoms. The molecule has 244 valence electrons. The number of fused-ring (bicyclic) bond motifs is 7. The van der Waals surface area contributed by atoms with Crippen LogP contribution in [0.1, 0.15) is 36.1 Å². The average molecular weight is 654 g/mol. The third-order valence-corrected chi connectivity index (χ3v) is 11.8. The van der Waals surface area contributed by atoms with Crippen LogP contribution in [0.2, 0.25) is 0 Å². The molecule has 0 amide bonds. The maximum absolute atomic E-state index is 2.47. The summed E-state index contributed by atoms with van der Waals surface area (Å²) in [5.41, 5.74) is 18.5. The van der Waals surface area contributed by atoms with Crippen LogP contribution >= 0.6 is 0 Å². The average Bonchev–Trinajstić information content (AvgIpc) is 3.31. The first-order valence-electron chi connectivity index (χ1n) is 18.2. The molecule has 0 fully saturated rings. The lowest BCUT2D eigenvalue weighted by Gasteiger charge is -2.24. The third-order valence-electron chi connectivity index (χ3n) is 11.8. The molecule has 8 aromatic rings. The zero-order chi connectivity index (χ0) is 34.3. The second kappa shape index (κ2) is 11.3. The molecule has 0 atom stereocenters. The lowest BCUT2D eigenvalue weighted by molar-refractivity contribution is 0.660. The van der Waals surface area contributed by atoms with Gasteiger partial charge >= 0.3 is 0 Å². The van der Waals surface area contributed by atoms with E-state index in [1.807, 2.05) is 0 Å². The van der Waals surface area contributed by atoms with Gasteiger partial charge in [-0.3, -0.25) is 0 Å². The van der Waals surface area contributed by atoms with Crippen molar-refractivity contribution in [3.63, 3.8) is 0 Å². The van der Waals surface area contributed by atoms with Crippen molar-refractivity contribution in [2.24, 2.45) is 0 Å². The molecular weight excluding hydrogens is 615 g/mol. The molecule has 0 bridgehead atoms. The van der Waals surface area contributed by atoms with Crippen LogP contribution in [-0.2, 0) is 18.3 Å². The van der Waals surface area contributed by atoms with Gasteiger partial charge in [-0.2, -0.15) is 0 Å². The number of para-hydroxylation sites is 1. The SMILES string of the molecule is CN1c2ccccc2CCc2ccc(-c3c4ccccc4c(-c4ccc5c(c4)-c4ccccc4C5(C)C)c4cc(-c5ccccc5)ccc34)cc21. The summed E-state index contributed by atoms with van der Waals surface area (Å²) >= 11 is 0. The van der Waals surface area contributed by atoms with Gasteiger partial charge in [-0.1, -0.05) is 147 Å². The van der Waals surface area contributed by atoms with Crippen LogP contribution < -0.4 is 4.90 Å². The number of hydrogen-bond acceptors (Lipinski definition) is 1. The summed E-state index contributed by atoms with van der Waals surface area (Å²) in [6, 6.07) is 59.2. The Balaban J connectivity index is 1.26. The Labute approximate surface area is 300 Å². The quantitative estimate of drug-likeness (QED) is 0.172. The van der Waals surface area contributed by atoms with E-state index in [4.69, 9.17) is 0 Å². The minimum Gasteiger partial charge on any atom is -0.344 e. The molecule has 10 rings (SSSR count). The van der Waals surface area contributed by atoms with Crippen molar-refractivity contribution in [3.05, 3.63) is 180 Å². The molecular formula is C50H39N. The van der Waals surface area contributed by atoms with E-state index in [0.29, 0.717) is 0 Å². The molecule has 1 heterocycles. The lowest BCUT2D eigenvalue weighted by Crippen LogP contribution is -2.14. The number of aryl methyl sites for hydroxylation is 2. The fourth-order valence-electron chi connectivity index (χ4n) is 9.18. The fraction of sp³-hybridized carbons (Fsp3) is 0.120. The van der Waals surface area contributed by atoms with Crippen LogP contribution in [0.15, 0.2) is 158 Å². The summed E-state index contributed by atoms with van der Waals surface area (Å²) in [5, 5.41) is 5.13. The highest BCUT2D eigenvalue weighted by molar-refractivity contribution is 6.22. The van der Waals surface area contributed by atoms with Gasteiger partial charge in [-0.05, 0) is 125 Å². The number of benzene rings is 8. The van der Waals surface area contributed by atoms with Crippen molar-refractivity contribution in [1.82, 2.24) is 0 Å². The molecule has 0 unspecified atom stereocenters. The maximum atomic E-state index is 2.47. The first kappa shape index (κ1) is 29.9. The molecule has 0 radical (unpaired) electrons. The molecule has 0 saturated heterocycles. The summed E-state index contributed by atoms with van der Waals surface area (Å²) in [5.74, 6) is 0. The predicted molar refractivity (Wildman–Crippen MR) is 217 cm³/mol. The largest absolute Gasteiger partial charge is 0.344 e. The summed E-state index contributed by atoms with van der Waals surface area (Å²) in [7, 11) is 2.23. The monoisotopic (exact) mass is 653 g/mol. The maximum Gasteiger partial charge on any atom is 0.0447 e. The Morgan fingerprint density at radius 1 is 0.412 bits per heavy atom. The van der Waals surface area contributed by atoms with Crippen molar-refractivity contribution in [1.29, 1.82) is 0 Å². The van der Waals surface area contributed by atoms with Gasteiger partial charge in [-0.15, -0.1) is 0 Å². The van der Waals surface area contributed by atoms with Crippen LogP contribution in [0.3, 0.4) is 0 Å². The van der Waals surface area contributed by atoms with Crippen LogP contribution in [0.25, 0.3) is 66.1 Å². The number of rotatable bonds is 3. The second-order valence-corrected chi connectivity index (χ2v) is 14.9. The van der Waals surface area contributed by atoms with E-state index >= 15 is 0 Å². The van der Waals surface area contributed by atoms with Gasteiger partial charge in [0.1, 0.15) is 0 Å². The highest BCUT2D eigenvalue weighted by Gasteiger charge is 2.35. The van der Waals surface area contributed by atoms with E-state index < -0.39 is 0 Å². The molecule has 1 heteroatoms. The van der Waals surface area contributed by atoms with Crippen molar-refractivity contribution in [3.8, 4) is 44.5 Å². The molecule has 1 nitrogen and oxygen atoms in total. The summed E-state index contributed by atoms with van der Waals surface area (Å²) < 4.78 is 0. The first-order valence-corrected chi connectivity index (χ1v) is 18.2. The highest BCUT2D eigenvalue weighted by atomic mass is 15.1. The van der Waals surface area contributed by atoms with Crippen LogP contribution in [-0.4, -0.2) is 7.05 Å². The van der Waals surface area contributed by atoms with Gasteiger partial charge in [0.2, 0.25) is 0 Å². The molecule has 0 N–H and O–H groups in total. The Bertz CT molecular complexity index is 2680. The predicted octanol–water partition coefficient (Wildman–Crippen LogP) is 13.2. The van der Waals surface area contributed by atoms with Crippen molar-refractivity contribution < 1.29 is 0 Å². The van der Waals surface area contributed by atoms with Gasteiger partial charge in [-0.25, -0.2) is 0 Å². The number of nitrogens with zero attached hydrogens (tertiary/aromatic N) is 1. The number of anilines is 2. The Morgan fingerprint density at radius 2 is 1.00 bits per heavy atom. The Hall–Kier alpha value is -5.92. The van der Waals surface area contributed by atoms with Gasteiger partial charge in [0.05, 0.1) is 0 Å². The zero-order valence-corrected chi connectivity index (χ0v) is 29.4. The second-order valence-electron chi connectivity index (χ2n) is 14.9. The van der Waals surface area contributed by atoms with Crippen molar-refractivity contribution in [2.45, 2.75) is 32.1 Å². The minimum atomic E-state index is -0.0298. The number of hydrogen-bond donors (Lipinski definition) is 0. The lowest BCUT2D eigenvalue weighted by atomic mass is 9.81. The van der Waals surface area contributed by atoms with E-state index in [9.17, 15) is 0 Å². The zero-order valence-electron chi connectivity index (χ0n) is 29.4. The molecule has 2 aliphatic rings. The third kappa shape index (κ3) is 4.54. The van der Waals surface area contributed by atoms with Crippen molar-refractivity contribution >= 4 is 32.9 Å². The Kier molecular flexibility index (Phi) is 6.64. The molecule has 8 aromatic carbocycles. The molecule has 0 aromatic heterocycles. The standard InChI is InChI=1S/C50H39N/c1-50(2)44-19-11-10-16-38(44)42-30-36(26-28-45(42)50)49-40-18-9-8-17-39(40)48(41-27-25-35(29-43(41)49)32-13-5-4-6-14-32)37-24-23-34-22-21-33-15-7-12-20-46(33)51(3)47(34)31-37/h4-20,23-31H,21-22H2,1-3H3. The summed E-state index contributed by atoms with van der Waals surface area (Å²) in [6.45, 7) is 4.72. The van der Waals surface area contributed by atoms with Gasteiger partial charge in [0.25, 0.3) is 0 Å². The molecule has 1 aliphatic heterocycles. The van der Waals surface area contributed by atoms with Crippen molar-refractivity contribution in [2.75, 3.05) is 11.9 Å². The van der Waals surface area contributed by atoms with Gasteiger partial charge in [0, 0.05) is 23.8 Å². The van der Waals surface area contributed by atoms with E-state index in [-0.39, 0.29) is 5.41 Å². The van der Waals surface area contributed by atoms with E-state index in [0.717, 1.165) is 12.8 Å². The summed E-state index contributed by atoms with van der Waals surface area (Å²) in [4.78, 5) is 2.40. The fourth-order valence-corrected chi connectivity index (χ4v) is 9.18. The molecule has 0 saturated carbocycles. The van der Waals surface area contributed by atoms with Crippen LogP contribution in [0, 0.1) is 0 Å². The first-order chi connectivity index (χ1) is 25.0. The Morgan fingerprint density at radius 3 is 1.82 bits per heavy atom. The van der Waals surface area contributed by atoms with E-state index in [2.05, 4.69) is 184 Å². The summed E-state index contributed by atoms with van der Waals surface area (Å²) in [6.07, 6.45) is 2.09. The topological polar surface area (TPSA) is 3.24 Å². The smallest absolute Gasteiger partial charge is 0.0447 e. The van der Waals surface area contributed by atoms with Crippen LogP contribution in [0.5, 0.6) is 0 Å². The molecule has 0 spiro atoms. The van der Waals surface area contributed by atoms with E-state index in [1.54, 1.807) is 0 Å². The minimum absolute atomic E-state index is 0.0298. The molecule has 1 aliphatic carbocycles.